The molecular weight excluding hydrogens is 479 g/mol. The van der Waals surface area contributed by atoms with Crippen LogP contribution in [0.2, 0.25) is 15.1 Å². The highest BCUT2D eigenvalue weighted by Crippen LogP contribution is 2.31. The van der Waals surface area contributed by atoms with Gasteiger partial charge in [0.15, 0.2) is 0 Å². The van der Waals surface area contributed by atoms with Crippen molar-refractivity contribution in [2.24, 2.45) is 0 Å². The Labute approximate surface area is 188 Å². The van der Waals surface area contributed by atoms with Crippen LogP contribution in [0.5, 0.6) is 0 Å². The molecule has 156 valence electrons. The number of nitrogens with zero attached hydrogens (tertiary/aromatic N) is 1. The first-order valence-corrected chi connectivity index (χ1v) is 12.1. The van der Waals surface area contributed by atoms with Gasteiger partial charge in [0.05, 0.1) is 39.6 Å². The van der Waals surface area contributed by atoms with E-state index < -0.39 is 10.0 Å². The molecule has 0 atom stereocenters. The van der Waals surface area contributed by atoms with E-state index >= 15 is 0 Å². The quantitative estimate of drug-likeness (QED) is 0.601. The van der Waals surface area contributed by atoms with E-state index in [4.69, 9.17) is 39.5 Å². The number of morpholine rings is 1. The molecule has 1 fully saturated rings. The molecule has 1 amide bonds. The number of halogens is 3. The first-order chi connectivity index (χ1) is 13.8. The van der Waals surface area contributed by atoms with Gasteiger partial charge in [-0.3, -0.25) is 4.79 Å². The summed E-state index contributed by atoms with van der Waals surface area (Å²) in [6.45, 7) is 1.26. The number of thioether (sulfide) groups is 1. The van der Waals surface area contributed by atoms with Gasteiger partial charge >= 0.3 is 0 Å². The van der Waals surface area contributed by atoms with Gasteiger partial charge in [0.1, 0.15) is 0 Å². The topological polar surface area (TPSA) is 75.7 Å². The third kappa shape index (κ3) is 5.79. The van der Waals surface area contributed by atoms with Crippen LogP contribution in [0.25, 0.3) is 0 Å². The van der Waals surface area contributed by atoms with Crippen molar-refractivity contribution in [3.05, 3.63) is 51.5 Å². The number of rotatable bonds is 6. The summed E-state index contributed by atoms with van der Waals surface area (Å²) in [5, 5.41) is 3.90. The molecule has 0 radical (unpaired) electrons. The predicted molar refractivity (Wildman–Crippen MR) is 117 cm³/mol. The van der Waals surface area contributed by atoms with Gasteiger partial charge in [-0.1, -0.05) is 34.8 Å². The lowest BCUT2D eigenvalue weighted by Crippen LogP contribution is -2.40. The average Bonchev–Trinajstić information content (AvgIpc) is 2.71. The van der Waals surface area contributed by atoms with Gasteiger partial charge in [-0.25, -0.2) is 8.42 Å². The highest BCUT2D eigenvalue weighted by Gasteiger charge is 2.27. The summed E-state index contributed by atoms with van der Waals surface area (Å²) in [7, 11) is -3.70. The third-order valence-corrected chi connectivity index (χ3v) is 8.03. The fourth-order valence-corrected chi connectivity index (χ4v) is 5.51. The molecule has 2 aromatic carbocycles. The van der Waals surface area contributed by atoms with E-state index in [1.807, 2.05) is 0 Å². The Bertz CT molecular complexity index is 1010. The zero-order valence-corrected chi connectivity index (χ0v) is 18.9. The largest absolute Gasteiger partial charge is 0.379 e. The van der Waals surface area contributed by atoms with Crippen LogP contribution in [0, 0.1) is 0 Å². The van der Waals surface area contributed by atoms with Crippen LogP contribution >= 0.6 is 46.6 Å². The Balaban J connectivity index is 1.71. The molecule has 0 aromatic heterocycles. The smallest absolute Gasteiger partial charge is 0.243 e. The molecule has 0 spiro atoms. The zero-order chi connectivity index (χ0) is 21.0. The Morgan fingerprint density at radius 3 is 2.48 bits per heavy atom. The molecule has 1 N–H and O–H groups in total. The van der Waals surface area contributed by atoms with Crippen molar-refractivity contribution in [2.75, 3.05) is 37.4 Å². The fourth-order valence-electron chi connectivity index (χ4n) is 2.61. The lowest BCUT2D eigenvalue weighted by atomic mass is 10.3. The van der Waals surface area contributed by atoms with Gasteiger partial charge in [0.2, 0.25) is 15.9 Å². The minimum absolute atomic E-state index is 0.0524. The second-order valence-corrected chi connectivity index (χ2v) is 10.3. The minimum Gasteiger partial charge on any atom is -0.379 e. The molecule has 29 heavy (non-hydrogen) atoms. The van der Waals surface area contributed by atoms with E-state index in [-0.39, 0.29) is 40.4 Å². The number of nitrogens with one attached hydrogen (secondary N) is 1. The van der Waals surface area contributed by atoms with Crippen LogP contribution in [-0.2, 0) is 19.6 Å². The number of carbonyl (C=O) groups excluding carboxylic acids is 1. The van der Waals surface area contributed by atoms with Crippen molar-refractivity contribution >= 4 is 68.2 Å². The normalized spacial score (nSPS) is 15.3. The van der Waals surface area contributed by atoms with E-state index in [2.05, 4.69) is 5.32 Å². The number of hydrogen-bond acceptors (Lipinski definition) is 5. The number of amides is 1. The first kappa shape index (κ1) is 22.7. The van der Waals surface area contributed by atoms with E-state index in [0.29, 0.717) is 28.2 Å². The molecule has 0 unspecified atom stereocenters. The van der Waals surface area contributed by atoms with Gasteiger partial charge < -0.3 is 10.1 Å². The van der Waals surface area contributed by atoms with Gasteiger partial charge in [-0.05, 0) is 36.4 Å². The molecule has 2 aromatic rings. The molecule has 0 bridgehead atoms. The van der Waals surface area contributed by atoms with Crippen LogP contribution in [0.15, 0.2) is 46.2 Å². The van der Waals surface area contributed by atoms with Crippen LogP contribution < -0.4 is 5.32 Å². The monoisotopic (exact) mass is 494 g/mol. The van der Waals surface area contributed by atoms with Gasteiger partial charge in [-0.15, -0.1) is 11.8 Å². The minimum atomic E-state index is -3.70. The highest BCUT2D eigenvalue weighted by atomic mass is 35.5. The molecule has 11 heteroatoms. The maximum Gasteiger partial charge on any atom is 0.243 e. The van der Waals surface area contributed by atoms with Crippen molar-refractivity contribution in [2.45, 2.75) is 9.79 Å². The molecule has 1 aliphatic heterocycles. The summed E-state index contributed by atoms with van der Waals surface area (Å²) in [6, 6.07) is 9.22. The number of hydrogen-bond donors (Lipinski definition) is 1. The summed E-state index contributed by atoms with van der Waals surface area (Å²) in [6.07, 6.45) is 0. The number of carbonyl (C=O) groups is 1. The van der Waals surface area contributed by atoms with Crippen LogP contribution in [0.3, 0.4) is 0 Å². The highest BCUT2D eigenvalue weighted by molar-refractivity contribution is 8.00. The van der Waals surface area contributed by atoms with Crippen LogP contribution in [-0.4, -0.2) is 50.7 Å². The molecule has 6 nitrogen and oxygen atoms in total. The van der Waals surface area contributed by atoms with E-state index in [1.54, 1.807) is 18.2 Å². The fraction of sp³-hybridized carbons (Fsp3) is 0.278. The van der Waals surface area contributed by atoms with Crippen molar-refractivity contribution in [3.8, 4) is 0 Å². The molecule has 1 heterocycles. The summed E-state index contributed by atoms with van der Waals surface area (Å²) in [5.41, 5.74) is 0.226. The van der Waals surface area contributed by atoms with E-state index in [0.717, 1.165) is 0 Å². The lowest BCUT2D eigenvalue weighted by Gasteiger charge is -2.26. The molecule has 1 saturated heterocycles. The van der Waals surface area contributed by atoms with E-state index in [1.165, 1.54) is 34.3 Å². The summed E-state index contributed by atoms with van der Waals surface area (Å²) < 4.78 is 32.2. The van der Waals surface area contributed by atoms with Crippen LogP contribution in [0.1, 0.15) is 0 Å². The Morgan fingerprint density at radius 2 is 1.76 bits per heavy atom. The number of ether oxygens (including phenoxy) is 1. The lowest BCUT2D eigenvalue weighted by molar-refractivity contribution is -0.113. The molecule has 1 aliphatic rings. The standard InChI is InChI=1S/C18H17Cl3N2O4S2/c19-12-1-3-15(21)17(9-12)28-11-18(24)22-16-10-13(2-4-14(16)20)29(25,26)23-5-7-27-8-6-23/h1-4,9-10H,5-8,11H2,(H,22,24). The third-order valence-electron chi connectivity index (χ3n) is 4.07. The maximum atomic E-state index is 12.8. The molecule has 3 rings (SSSR count). The number of benzene rings is 2. The SMILES string of the molecule is O=C(CSc1cc(Cl)ccc1Cl)Nc1cc(S(=O)(=O)N2CCOCC2)ccc1Cl. The van der Waals surface area contributed by atoms with E-state index in [9.17, 15) is 13.2 Å². The first-order valence-electron chi connectivity index (χ1n) is 8.52. The molecule has 0 saturated carbocycles. The van der Waals surface area contributed by atoms with Crippen molar-refractivity contribution in [1.82, 2.24) is 4.31 Å². The van der Waals surface area contributed by atoms with Crippen molar-refractivity contribution in [3.63, 3.8) is 0 Å². The van der Waals surface area contributed by atoms with Gasteiger partial charge in [0, 0.05) is 23.0 Å². The average molecular weight is 496 g/mol. The van der Waals surface area contributed by atoms with Gasteiger partial charge in [0.25, 0.3) is 0 Å². The van der Waals surface area contributed by atoms with Crippen molar-refractivity contribution in [1.29, 1.82) is 0 Å². The number of sulfonamides is 1. The second kappa shape index (κ2) is 9.87. The van der Waals surface area contributed by atoms with Crippen molar-refractivity contribution < 1.29 is 17.9 Å². The Hall–Kier alpha value is -1.00. The summed E-state index contributed by atoms with van der Waals surface area (Å²) >= 11 is 19.4. The zero-order valence-electron chi connectivity index (χ0n) is 15.0. The molecule has 0 aliphatic carbocycles. The van der Waals surface area contributed by atoms with Gasteiger partial charge in [-0.2, -0.15) is 4.31 Å². The number of anilines is 1. The van der Waals surface area contributed by atoms with Crippen LogP contribution in [0.4, 0.5) is 5.69 Å². The summed E-state index contributed by atoms with van der Waals surface area (Å²) in [5.74, 6) is -0.300. The maximum absolute atomic E-state index is 12.8. The molecular formula is C18H17Cl3N2O4S2. The Morgan fingerprint density at radius 1 is 1.07 bits per heavy atom. The Kier molecular flexibility index (Phi) is 7.72. The second-order valence-electron chi connectivity index (χ2n) is 6.07. The predicted octanol–water partition coefficient (Wildman–Crippen LogP) is 4.40. The summed E-state index contributed by atoms with van der Waals surface area (Å²) in [4.78, 5) is 13.1.